The highest BCUT2D eigenvalue weighted by Crippen LogP contribution is 2.29. The number of hydrogen-bond acceptors (Lipinski definition) is 3. The van der Waals surface area contributed by atoms with E-state index < -0.39 is 0 Å². The lowest BCUT2D eigenvalue weighted by atomic mass is 9.91. The molecule has 1 fully saturated rings. The Morgan fingerprint density at radius 2 is 2.00 bits per heavy atom. The molecule has 0 bridgehead atoms. The van der Waals surface area contributed by atoms with Crippen LogP contribution in [0.4, 0.5) is 5.69 Å². The molecule has 1 aromatic carbocycles. The number of nitrogens with one attached hydrogen (secondary N) is 2. The van der Waals surface area contributed by atoms with Crippen molar-refractivity contribution < 1.29 is 0 Å². The maximum Gasteiger partial charge on any atom is 0.0723 e. The van der Waals surface area contributed by atoms with Crippen molar-refractivity contribution in [1.82, 2.24) is 9.97 Å². The second-order valence-electron chi connectivity index (χ2n) is 6.37. The molecular weight excluding hydrogens is 284 g/mol. The van der Waals surface area contributed by atoms with Gasteiger partial charge in [-0.2, -0.15) is 0 Å². The number of nitrogens with two attached hydrogens (primary N) is 1. The summed E-state index contributed by atoms with van der Waals surface area (Å²) in [4.78, 5) is 7.56. The van der Waals surface area contributed by atoms with Gasteiger partial charge in [0.25, 0.3) is 0 Å². The lowest BCUT2D eigenvalue weighted by molar-refractivity contribution is 0.411. The van der Waals surface area contributed by atoms with Crippen molar-refractivity contribution in [3.05, 3.63) is 48.9 Å². The first-order valence-corrected chi connectivity index (χ1v) is 8.25. The SMILES string of the molecule is N[C@H]1CC[C@H](Nc2[c]cnc3ccc(-c4cc[nH]c4)cc23)CC1. The van der Waals surface area contributed by atoms with Crippen molar-refractivity contribution in [3.8, 4) is 11.1 Å². The van der Waals surface area contributed by atoms with E-state index in [0.29, 0.717) is 12.1 Å². The van der Waals surface area contributed by atoms with E-state index in [1.54, 1.807) is 6.20 Å². The monoisotopic (exact) mass is 305 g/mol. The van der Waals surface area contributed by atoms with Crippen LogP contribution >= 0.6 is 0 Å². The molecule has 0 amide bonds. The molecule has 1 aliphatic rings. The molecule has 3 aromatic rings. The second kappa shape index (κ2) is 6.05. The Morgan fingerprint density at radius 1 is 1.13 bits per heavy atom. The van der Waals surface area contributed by atoms with Gasteiger partial charge in [-0.3, -0.25) is 4.98 Å². The van der Waals surface area contributed by atoms with E-state index >= 15 is 0 Å². The van der Waals surface area contributed by atoms with Gasteiger partial charge in [0.1, 0.15) is 0 Å². The molecule has 0 aliphatic heterocycles. The van der Waals surface area contributed by atoms with E-state index in [2.05, 4.69) is 45.6 Å². The van der Waals surface area contributed by atoms with Crippen molar-refractivity contribution in [2.45, 2.75) is 37.8 Å². The van der Waals surface area contributed by atoms with Gasteiger partial charge in [0.2, 0.25) is 0 Å². The molecule has 0 spiro atoms. The summed E-state index contributed by atoms with van der Waals surface area (Å²) in [7, 11) is 0. The normalized spacial score (nSPS) is 21.4. The zero-order chi connectivity index (χ0) is 15.6. The van der Waals surface area contributed by atoms with E-state index in [1.165, 1.54) is 11.1 Å². The summed E-state index contributed by atoms with van der Waals surface area (Å²) < 4.78 is 0. The van der Waals surface area contributed by atoms with Crippen molar-refractivity contribution in [2.75, 3.05) is 5.32 Å². The Balaban J connectivity index is 1.67. The molecule has 0 atom stereocenters. The van der Waals surface area contributed by atoms with E-state index in [4.69, 9.17) is 5.73 Å². The molecule has 4 N–H and O–H groups in total. The van der Waals surface area contributed by atoms with Gasteiger partial charge in [-0.1, -0.05) is 6.07 Å². The summed E-state index contributed by atoms with van der Waals surface area (Å²) in [5.41, 5.74) is 10.4. The first-order chi connectivity index (χ1) is 11.3. The highest BCUT2D eigenvalue weighted by atomic mass is 14.9. The number of aromatic nitrogens is 2. The molecular formula is C19H21N4. The first-order valence-electron chi connectivity index (χ1n) is 8.25. The van der Waals surface area contributed by atoms with Crippen LogP contribution in [0.2, 0.25) is 0 Å². The Bertz CT molecular complexity index is 786. The largest absolute Gasteiger partial charge is 0.381 e. The van der Waals surface area contributed by atoms with Crippen LogP contribution in [0.25, 0.3) is 22.0 Å². The predicted octanol–water partition coefficient (Wildman–Crippen LogP) is 3.71. The average Bonchev–Trinajstić information content (AvgIpc) is 3.11. The average molecular weight is 305 g/mol. The molecule has 4 nitrogen and oxygen atoms in total. The Kier molecular flexibility index (Phi) is 3.75. The number of hydrogen-bond donors (Lipinski definition) is 3. The van der Waals surface area contributed by atoms with Crippen LogP contribution in [0, 0.1) is 6.07 Å². The van der Waals surface area contributed by atoms with Crippen LogP contribution < -0.4 is 11.1 Å². The molecule has 4 rings (SSSR count). The van der Waals surface area contributed by atoms with Crippen molar-refractivity contribution in [2.24, 2.45) is 5.73 Å². The molecule has 117 valence electrons. The smallest absolute Gasteiger partial charge is 0.0723 e. The maximum atomic E-state index is 6.01. The minimum absolute atomic E-state index is 0.367. The number of H-pyrrole nitrogens is 1. The fraction of sp³-hybridized carbons (Fsp3) is 0.316. The van der Waals surface area contributed by atoms with Crippen LogP contribution in [0.1, 0.15) is 25.7 Å². The molecule has 0 saturated heterocycles. The molecule has 23 heavy (non-hydrogen) atoms. The van der Waals surface area contributed by atoms with Gasteiger partial charge in [-0.05, 0) is 55.0 Å². The number of nitrogens with zero attached hydrogens (tertiary/aromatic N) is 1. The summed E-state index contributed by atoms with van der Waals surface area (Å²) in [5.74, 6) is 0. The summed E-state index contributed by atoms with van der Waals surface area (Å²) in [5, 5.41) is 4.78. The minimum atomic E-state index is 0.367. The summed E-state index contributed by atoms with van der Waals surface area (Å²) in [6.45, 7) is 0. The third-order valence-corrected chi connectivity index (χ3v) is 4.73. The van der Waals surface area contributed by atoms with Crippen LogP contribution in [0.15, 0.2) is 42.9 Å². The van der Waals surface area contributed by atoms with Crippen LogP contribution in [0.5, 0.6) is 0 Å². The number of pyridine rings is 1. The quantitative estimate of drug-likeness (QED) is 0.691. The Hall–Kier alpha value is -2.33. The molecule has 2 heterocycles. The number of fused-ring (bicyclic) bond motifs is 1. The lowest BCUT2D eigenvalue weighted by Crippen LogP contribution is -2.32. The fourth-order valence-corrected chi connectivity index (χ4v) is 3.36. The number of aromatic amines is 1. The maximum absolute atomic E-state index is 6.01. The number of benzene rings is 1. The highest BCUT2D eigenvalue weighted by Gasteiger charge is 2.19. The second-order valence-corrected chi connectivity index (χ2v) is 6.37. The third kappa shape index (κ3) is 2.94. The minimum Gasteiger partial charge on any atom is -0.381 e. The van der Waals surface area contributed by atoms with Crippen molar-refractivity contribution in [1.29, 1.82) is 0 Å². The summed E-state index contributed by atoms with van der Waals surface area (Å²) >= 11 is 0. The van der Waals surface area contributed by atoms with Crippen molar-refractivity contribution >= 4 is 16.6 Å². The standard InChI is InChI=1S/C19H21N4/c20-15-2-4-16(5-3-15)23-19-8-10-22-18-6-1-13(11-17(18)19)14-7-9-21-12-14/h1,6-7,9-12,15-16,21H,2-5,20H2,(H,22,23)/t15-,16-. The third-order valence-electron chi connectivity index (χ3n) is 4.73. The van der Waals surface area contributed by atoms with Crippen molar-refractivity contribution in [3.63, 3.8) is 0 Å². The topological polar surface area (TPSA) is 66.7 Å². The van der Waals surface area contributed by atoms with Crippen LogP contribution in [-0.2, 0) is 0 Å². The van der Waals surface area contributed by atoms with Gasteiger partial charge in [-0.25, -0.2) is 0 Å². The molecule has 2 aromatic heterocycles. The molecule has 0 unspecified atom stereocenters. The zero-order valence-corrected chi connectivity index (χ0v) is 13.0. The van der Waals surface area contributed by atoms with E-state index in [9.17, 15) is 0 Å². The number of rotatable bonds is 3. The Labute approximate surface area is 136 Å². The first kappa shape index (κ1) is 14.3. The highest BCUT2D eigenvalue weighted by molar-refractivity contribution is 5.94. The molecule has 1 aliphatic carbocycles. The van der Waals surface area contributed by atoms with E-state index in [-0.39, 0.29) is 0 Å². The fourth-order valence-electron chi connectivity index (χ4n) is 3.36. The zero-order valence-electron chi connectivity index (χ0n) is 13.0. The molecule has 1 saturated carbocycles. The van der Waals surface area contributed by atoms with Gasteiger partial charge in [-0.15, -0.1) is 0 Å². The molecule has 4 heteroatoms. The summed E-state index contributed by atoms with van der Waals surface area (Å²) in [6.07, 6.45) is 10.1. The van der Waals surface area contributed by atoms with Gasteiger partial charge in [0.05, 0.1) is 11.2 Å². The van der Waals surface area contributed by atoms with Gasteiger partial charge in [0.15, 0.2) is 0 Å². The van der Waals surface area contributed by atoms with Crippen LogP contribution in [0.3, 0.4) is 0 Å². The van der Waals surface area contributed by atoms with E-state index in [1.807, 2.05) is 12.4 Å². The number of anilines is 1. The molecule has 1 radical (unpaired) electrons. The van der Waals surface area contributed by atoms with Gasteiger partial charge < -0.3 is 16.0 Å². The summed E-state index contributed by atoms with van der Waals surface area (Å²) in [6, 6.07) is 12.6. The van der Waals surface area contributed by atoms with E-state index in [0.717, 1.165) is 42.3 Å². The van der Waals surface area contributed by atoms with Crippen LogP contribution in [-0.4, -0.2) is 22.1 Å². The Morgan fingerprint density at radius 3 is 2.78 bits per heavy atom. The predicted molar refractivity (Wildman–Crippen MR) is 94.2 cm³/mol. The van der Waals surface area contributed by atoms with Gasteiger partial charge >= 0.3 is 0 Å². The lowest BCUT2D eigenvalue weighted by Gasteiger charge is -2.28. The van der Waals surface area contributed by atoms with Gasteiger partial charge in [0, 0.05) is 42.1 Å².